The molecule has 0 aromatic carbocycles. The van der Waals surface area contributed by atoms with Crippen molar-refractivity contribution in [2.75, 3.05) is 0 Å². The second-order valence-corrected chi connectivity index (χ2v) is 2.17. The summed E-state index contributed by atoms with van der Waals surface area (Å²) < 4.78 is 2.15. The van der Waals surface area contributed by atoms with Crippen molar-refractivity contribution in [3.8, 4) is 0 Å². The molecule has 0 spiro atoms. The second-order valence-electron chi connectivity index (χ2n) is 2.17. The van der Waals surface area contributed by atoms with E-state index >= 15 is 0 Å². The van der Waals surface area contributed by atoms with Gasteiger partial charge >= 0.3 is 0 Å². The molecule has 0 aliphatic carbocycles. The molecule has 0 amide bonds. The highest BCUT2D eigenvalue weighted by molar-refractivity contribution is 4.87. The van der Waals surface area contributed by atoms with Crippen LogP contribution < -0.4 is 0 Å². The van der Waals surface area contributed by atoms with Gasteiger partial charge in [-0.1, -0.05) is 20.8 Å². The number of hydrogen-bond acceptors (Lipinski definition) is 1. The number of imidazole rings is 1. The third kappa shape index (κ3) is 3.21. The lowest BCUT2D eigenvalue weighted by Crippen LogP contribution is -1.96. The van der Waals surface area contributed by atoms with Crippen LogP contribution in [0.15, 0.2) is 12.4 Å². The van der Waals surface area contributed by atoms with E-state index in [0.29, 0.717) is 0 Å². The summed E-state index contributed by atoms with van der Waals surface area (Å²) in [6.07, 6.45) is 5.03. The van der Waals surface area contributed by atoms with E-state index < -0.39 is 0 Å². The van der Waals surface area contributed by atoms with Crippen LogP contribution in [0.4, 0.5) is 0 Å². The van der Waals surface area contributed by atoms with Crippen LogP contribution in [0.5, 0.6) is 0 Å². The Morgan fingerprint density at radius 3 is 2.45 bits per heavy atom. The molecule has 0 saturated heterocycles. The zero-order valence-electron chi connectivity index (χ0n) is 7.96. The van der Waals surface area contributed by atoms with Gasteiger partial charge in [-0.2, -0.15) is 0 Å². The van der Waals surface area contributed by atoms with Crippen LogP contribution in [0.3, 0.4) is 0 Å². The number of aryl methyl sites for hydroxylation is 2. The van der Waals surface area contributed by atoms with Gasteiger partial charge in [0.05, 0.1) is 0 Å². The molecule has 1 aromatic rings. The number of aromatic nitrogens is 2. The predicted molar refractivity (Wildman–Crippen MR) is 48.6 cm³/mol. The van der Waals surface area contributed by atoms with Gasteiger partial charge in [-0.05, 0) is 13.3 Å². The molecule has 0 aliphatic heterocycles. The van der Waals surface area contributed by atoms with E-state index in [-0.39, 0.29) is 0 Å². The van der Waals surface area contributed by atoms with Crippen molar-refractivity contribution < 1.29 is 0 Å². The molecule has 11 heavy (non-hydrogen) atoms. The average Bonchev–Trinajstić information content (AvgIpc) is 2.42. The van der Waals surface area contributed by atoms with E-state index in [4.69, 9.17) is 0 Å². The summed E-state index contributed by atoms with van der Waals surface area (Å²) in [5, 5.41) is 0. The Morgan fingerprint density at radius 1 is 1.45 bits per heavy atom. The van der Waals surface area contributed by atoms with Crippen molar-refractivity contribution >= 4 is 0 Å². The highest BCUT2D eigenvalue weighted by Gasteiger charge is 1.91. The number of hydrogen-bond donors (Lipinski definition) is 0. The molecule has 1 rings (SSSR count). The van der Waals surface area contributed by atoms with Crippen molar-refractivity contribution in [3.05, 3.63) is 18.2 Å². The summed E-state index contributed by atoms with van der Waals surface area (Å²) in [5.74, 6) is 1.11. The quantitative estimate of drug-likeness (QED) is 0.640. The molecule has 0 fully saturated rings. The maximum atomic E-state index is 4.10. The zero-order valence-corrected chi connectivity index (χ0v) is 7.96. The summed E-state index contributed by atoms with van der Waals surface area (Å²) in [6.45, 7) is 9.28. The molecular formula is C9H18N2. The second kappa shape index (κ2) is 5.96. The lowest BCUT2D eigenvalue weighted by atomic mass is 10.5. The summed E-state index contributed by atoms with van der Waals surface area (Å²) in [7, 11) is 0. The van der Waals surface area contributed by atoms with Gasteiger partial charge in [0.15, 0.2) is 0 Å². The van der Waals surface area contributed by atoms with Gasteiger partial charge in [0.2, 0.25) is 0 Å². The Balaban J connectivity index is 0.000000461. The summed E-state index contributed by atoms with van der Waals surface area (Å²) in [6, 6.07) is 0. The average molecular weight is 154 g/mol. The molecule has 2 nitrogen and oxygen atoms in total. The van der Waals surface area contributed by atoms with Gasteiger partial charge in [0.25, 0.3) is 0 Å². The molecule has 0 N–H and O–H groups in total. The molecule has 0 aliphatic rings. The molecule has 64 valence electrons. The minimum atomic E-state index is 1.09. The molecule has 0 saturated carbocycles. The lowest BCUT2D eigenvalue weighted by molar-refractivity contribution is 0.658. The number of nitrogens with zero attached hydrogens (tertiary/aromatic N) is 2. The van der Waals surface area contributed by atoms with E-state index in [9.17, 15) is 0 Å². The minimum absolute atomic E-state index is 1.09. The van der Waals surface area contributed by atoms with Crippen LogP contribution in [-0.2, 0) is 6.54 Å². The molecule has 1 heterocycles. The molecule has 0 bridgehead atoms. The van der Waals surface area contributed by atoms with E-state index in [1.54, 1.807) is 0 Å². The van der Waals surface area contributed by atoms with Crippen LogP contribution in [0, 0.1) is 6.92 Å². The first-order valence-corrected chi connectivity index (χ1v) is 4.32. The maximum absolute atomic E-state index is 4.10. The Morgan fingerprint density at radius 2 is 2.09 bits per heavy atom. The van der Waals surface area contributed by atoms with Gasteiger partial charge < -0.3 is 4.57 Å². The first kappa shape index (κ1) is 10.2. The molecule has 2 heteroatoms. The Kier molecular flexibility index (Phi) is 5.53. The molecule has 0 atom stereocenters. The van der Waals surface area contributed by atoms with Crippen molar-refractivity contribution in [2.24, 2.45) is 0 Å². The van der Waals surface area contributed by atoms with Crippen molar-refractivity contribution in [2.45, 2.75) is 40.7 Å². The molecule has 0 radical (unpaired) electrons. The summed E-state index contributed by atoms with van der Waals surface area (Å²) >= 11 is 0. The predicted octanol–water partition coefficient (Wildman–Crippen LogP) is 2.63. The fourth-order valence-corrected chi connectivity index (χ4v) is 0.881. The van der Waals surface area contributed by atoms with Crippen LogP contribution in [0.1, 0.15) is 33.0 Å². The van der Waals surface area contributed by atoms with E-state index in [1.807, 2.05) is 33.2 Å². The highest BCUT2D eigenvalue weighted by Crippen LogP contribution is 1.95. The zero-order chi connectivity index (χ0) is 8.69. The van der Waals surface area contributed by atoms with Crippen molar-refractivity contribution in [1.29, 1.82) is 0 Å². The lowest BCUT2D eigenvalue weighted by Gasteiger charge is -1.99. The monoisotopic (exact) mass is 154 g/mol. The van der Waals surface area contributed by atoms with Crippen LogP contribution in [-0.4, -0.2) is 9.55 Å². The first-order valence-electron chi connectivity index (χ1n) is 4.32. The van der Waals surface area contributed by atoms with Gasteiger partial charge in [-0.3, -0.25) is 0 Å². The van der Waals surface area contributed by atoms with E-state index in [0.717, 1.165) is 12.4 Å². The van der Waals surface area contributed by atoms with Crippen LogP contribution in [0.25, 0.3) is 0 Å². The first-order chi connectivity index (χ1) is 5.34. The topological polar surface area (TPSA) is 17.8 Å². The largest absolute Gasteiger partial charge is 0.335 e. The molecule has 1 aromatic heterocycles. The molecule has 0 unspecified atom stereocenters. The van der Waals surface area contributed by atoms with Crippen LogP contribution in [0.2, 0.25) is 0 Å². The van der Waals surface area contributed by atoms with E-state index in [1.165, 1.54) is 6.42 Å². The normalized spacial score (nSPS) is 8.73. The SMILES string of the molecule is CC.CCCn1ccnc1C. The standard InChI is InChI=1S/C7H12N2.C2H6/c1-3-5-9-6-4-8-7(9)2;1-2/h4,6H,3,5H2,1-2H3;1-2H3. The highest BCUT2D eigenvalue weighted by atomic mass is 15.0. The minimum Gasteiger partial charge on any atom is -0.335 e. The smallest absolute Gasteiger partial charge is 0.105 e. The van der Waals surface area contributed by atoms with Crippen molar-refractivity contribution in [3.63, 3.8) is 0 Å². The van der Waals surface area contributed by atoms with Gasteiger partial charge in [-0.25, -0.2) is 4.98 Å². The maximum Gasteiger partial charge on any atom is 0.105 e. The van der Waals surface area contributed by atoms with Crippen LogP contribution >= 0.6 is 0 Å². The summed E-state index contributed by atoms with van der Waals surface area (Å²) in [5.41, 5.74) is 0. The van der Waals surface area contributed by atoms with E-state index in [2.05, 4.69) is 16.5 Å². The Labute approximate surface area is 69.3 Å². The fourth-order valence-electron chi connectivity index (χ4n) is 0.881. The van der Waals surface area contributed by atoms with Crippen molar-refractivity contribution in [1.82, 2.24) is 9.55 Å². The van der Waals surface area contributed by atoms with Gasteiger partial charge in [0.1, 0.15) is 5.82 Å². The third-order valence-electron chi connectivity index (χ3n) is 1.39. The van der Waals surface area contributed by atoms with Gasteiger partial charge in [0, 0.05) is 18.9 Å². The third-order valence-corrected chi connectivity index (χ3v) is 1.39. The Hall–Kier alpha value is -0.790. The Bertz CT molecular complexity index is 179. The summed E-state index contributed by atoms with van der Waals surface area (Å²) in [4.78, 5) is 4.10. The fraction of sp³-hybridized carbons (Fsp3) is 0.667. The molecular weight excluding hydrogens is 136 g/mol. The number of rotatable bonds is 2. The van der Waals surface area contributed by atoms with Gasteiger partial charge in [-0.15, -0.1) is 0 Å².